The number of aryl methyl sites for hydroxylation is 1. The lowest BCUT2D eigenvalue weighted by Gasteiger charge is -2.43. The topological polar surface area (TPSA) is 59.0 Å². The Balaban J connectivity index is 1.44. The maximum absolute atomic E-state index is 12.7. The molecule has 2 fully saturated rings. The van der Waals surface area contributed by atoms with Gasteiger partial charge in [0.25, 0.3) is 0 Å². The summed E-state index contributed by atoms with van der Waals surface area (Å²) in [7, 11) is 3.36. The third-order valence-corrected chi connectivity index (χ3v) is 6.42. The van der Waals surface area contributed by atoms with E-state index in [-0.39, 0.29) is 17.1 Å². The Morgan fingerprint density at radius 2 is 2.07 bits per heavy atom. The molecule has 1 saturated carbocycles. The van der Waals surface area contributed by atoms with Gasteiger partial charge in [0.2, 0.25) is 5.91 Å². The van der Waals surface area contributed by atoms with Gasteiger partial charge in [0.1, 0.15) is 0 Å². The summed E-state index contributed by atoms with van der Waals surface area (Å²) in [5, 5.41) is 9.85. The first-order valence-corrected chi connectivity index (χ1v) is 10.2. The number of hydrogen-bond donors (Lipinski definition) is 1. The van der Waals surface area contributed by atoms with Crippen LogP contribution in [0.25, 0.3) is 0 Å². The minimum Gasteiger partial charge on any atom is -0.504 e. The molecule has 1 N–H and O–H groups in total. The average Bonchev–Trinajstić information content (AvgIpc) is 3.06. The lowest BCUT2D eigenvalue weighted by molar-refractivity contribution is -0.137. The van der Waals surface area contributed by atoms with Crippen molar-refractivity contribution < 1.29 is 19.4 Å². The van der Waals surface area contributed by atoms with E-state index in [0.29, 0.717) is 18.3 Å². The normalized spacial score (nSPS) is 25.1. The van der Waals surface area contributed by atoms with Crippen molar-refractivity contribution in [3.63, 3.8) is 0 Å². The molecule has 27 heavy (non-hydrogen) atoms. The van der Waals surface area contributed by atoms with E-state index in [0.717, 1.165) is 50.8 Å². The number of ether oxygens (including phenoxy) is 2. The van der Waals surface area contributed by atoms with Crippen LogP contribution >= 0.6 is 0 Å². The Bertz CT molecular complexity index is 647. The fourth-order valence-corrected chi connectivity index (χ4v) is 4.97. The van der Waals surface area contributed by atoms with Gasteiger partial charge < -0.3 is 19.5 Å². The second-order valence-electron chi connectivity index (χ2n) is 8.11. The predicted octanol–water partition coefficient (Wildman–Crippen LogP) is 3.92. The van der Waals surface area contributed by atoms with Crippen molar-refractivity contribution in [1.29, 1.82) is 0 Å². The summed E-state index contributed by atoms with van der Waals surface area (Å²) in [4.78, 5) is 14.8. The number of carbonyl (C=O) groups is 1. The molecule has 1 spiro atoms. The van der Waals surface area contributed by atoms with Crippen molar-refractivity contribution in [3.05, 3.63) is 23.8 Å². The number of phenols is 1. The Hall–Kier alpha value is -1.75. The molecule has 3 rings (SSSR count). The minimum absolute atomic E-state index is 0.175. The molecule has 1 saturated heterocycles. The highest BCUT2D eigenvalue weighted by atomic mass is 16.5. The largest absolute Gasteiger partial charge is 0.504 e. The lowest BCUT2D eigenvalue weighted by Crippen LogP contribution is -2.49. The second-order valence-corrected chi connectivity index (χ2v) is 8.11. The van der Waals surface area contributed by atoms with Gasteiger partial charge in [-0.05, 0) is 62.6 Å². The van der Waals surface area contributed by atoms with E-state index in [4.69, 9.17) is 9.47 Å². The van der Waals surface area contributed by atoms with Crippen LogP contribution in [-0.2, 0) is 16.0 Å². The molecule has 2 aliphatic rings. The molecule has 1 amide bonds. The summed E-state index contributed by atoms with van der Waals surface area (Å²) in [5.41, 5.74) is 1.27. The van der Waals surface area contributed by atoms with E-state index in [2.05, 4.69) is 4.90 Å². The third-order valence-electron chi connectivity index (χ3n) is 6.42. The number of piperidine rings is 1. The first-order valence-electron chi connectivity index (χ1n) is 10.2. The van der Waals surface area contributed by atoms with Gasteiger partial charge in [-0.3, -0.25) is 4.79 Å². The number of rotatable bonds is 7. The summed E-state index contributed by atoms with van der Waals surface area (Å²) in [5.74, 6) is 0.955. The molecular weight excluding hydrogens is 342 g/mol. The molecule has 2 atom stereocenters. The summed E-state index contributed by atoms with van der Waals surface area (Å²) in [6, 6.07) is 5.51. The molecule has 150 valence electrons. The number of benzene rings is 1. The summed E-state index contributed by atoms with van der Waals surface area (Å²) in [6.45, 7) is 1.76. The number of amides is 1. The van der Waals surface area contributed by atoms with Gasteiger partial charge in [-0.1, -0.05) is 12.5 Å². The molecule has 1 aromatic carbocycles. The van der Waals surface area contributed by atoms with Gasteiger partial charge in [-0.25, -0.2) is 0 Å². The standard InChI is InChI=1S/C22H33NO4/c1-26-19-11-10-17(15-18(19)24)7-3-4-9-21(25)23-14-6-13-22(16-23)12-5-8-20(22)27-2/h10-11,15,20,24H,3-9,12-14,16H2,1-2H3/t20-,22+/m1/s1. The second kappa shape index (κ2) is 8.96. The predicted molar refractivity (Wildman–Crippen MR) is 105 cm³/mol. The van der Waals surface area contributed by atoms with E-state index in [1.54, 1.807) is 19.2 Å². The van der Waals surface area contributed by atoms with Crippen LogP contribution in [-0.4, -0.2) is 49.3 Å². The monoisotopic (exact) mass is 375 g/mol. The van der Waals surface area contributed by atoms with Crippen LogP contribution in [0.15, 0.2) is 18.2 Å². The molecule has 5 heteroatoms. The first kappa shape index (κ1) is 20.0. The van der Waals surface area contributed by atoms with Gasteiger partial charge in [-0.15, -0.1) is 0 Å². The molecule has 5 nitrogen and oxygen atoms in total. The first-order chi connectivity index (χ1) is 13.1. The Morgan fingerprint density at radius 1 is 1.26 bits per heavy atom. The van der Waals surface area contributed by atoms with Crippen LogP contribution in [0.5, 0.6) is 11.5 Å². The van der Waals surface area contributed by atoms with Crippen molar-refractivity contribution in [3.8, 4) is 11.5 Å². The van der Waals surface area contributed by atoms with Crippen LogP contribution < -0.4 is 4.74 Å². The summed E-state index contributed by atoms with van der Waals surface area (Å²) < 4.78 is 10.8. The quantitative estimate of drug-likeness (QED) is 0.734. The fourth-order valence-electron chi connectivity index (χ4n) is 4.97. The van der Waals surface area contributed by atoms with Crippen molar-refractivity contribution in [1.82, 2.24) is 4.90 Å². The lowest BCUT2D eigenvalue weighted by atomic mass is 9.76. The van der Waals surface area contributed by atoms with E-state index in [1.807, 2.05) is 13.2 Å². The van der Waals surface area contributed by atoms with Crippen LogP contribution in [0.1, 0.15) is 56.9 Å². The van der Waals surface area contributed by atoms with Crippen LogP contribution in [0.4, 0.5) is 0 Å². The zero-order valence-corrected chi connectivity index (χ0v) is 16.7. The van der Waals surface area contributed by atoms with E-state index >= 15 is 0 Å². The number of aromatic hydroxyl groups is 1. The van der Waals surface area contributed by atoms with Crippen molar-refractivity contribution in [2.75, 3.05) is 27.3 Å². The Morgan fingerprint density at radius 3 is 2.81 bits per heavy atom. The summed E-state index contributed by atoms with van der Waals surface area (Å²) in [6.07, 6.45) is 9.43. The number of nitrogens with zero attached hydrogens (tertiary/aromatic N) is 1. The highest BCUT2D eigenvalue weighted by Gasteiger charge is 2.46. The van der Waals surface area contributed by atoms with Crippen LogP contribution in [0.3, 0.4) is 0 Å². The zero-order chi connectivity index (χ0) is 19.3. The van der Waals surface area contributed by atoms with Crippen LogP contribution in [0.2, 0.25) is 0 Å². The van der Waals surface area contributed by atoms with Crippen molar-refractivity contribution in [2.24, 2.45) is 5.41 Å². The highest BCUT2D eigenvalue weighted by Crippen LogP contribution is 2.46. The van der Waals surface area contributed by atoms with Gasteiger partial charge in [0.05, 0.1) is 13.2 Å². The highest BCUT2D eigenvalue weighted by molar-refractivity contribution is 5.76. The molecular formula is C22H33NO4. The SMILES string of the molecule is COc1ccc(CCCCC(=O)N2CCC[C@@]3(CCC[C@H]3OC)C2)cc1O. The Kier molecular flexibility index (Phi) is 6.64. The minimum atomic E-state index is 0.175. The number of unbranched alkanes of at least 4 members (excludes halogenated alkanes) is 1. The fraction of sp³-hybridized carbons (Fsp3) is 0.682. The number of hydrogen-bond acceptors (Lipinski definition) is 4. The van der Waals surface area contributed by atoms with Gasteiger partial charge in [-0.2, -0.15) is 0 Å². The molecule has 1 heterocycles. The van der Waals surface area contributed by atoms with E-state index < -0.39 is 0 Å². The van der Waals surface area contributed by atoms with Gasteiger partial charge >= 0.3 is 0 Å². The molecule has 1 aliphatic carbocycles. The van der Waals surface area contributed by atoms with E-state index in [1.165, 1.54) is 19.3 Å². The molecule has 1 aliphatic heterocycles. The molecule has 0 radical (unpaired) electrons. The Labute approximate surface area is 162 Å². The van der Waals surface area contributed by atoms with Gasteiger partial charge in [0, 0.05) is 32.0 Å². The van der Waals surface area contributed by atoms with E-state index in [9.17, 15) is 9.90 Å². The summed E-state index contributed by atoms with van der Waals surface area (Å²) >= 11 is 0. The smallest absolute Gasteiger partial charge is 0.222 e. The maximum Gasteiger partial charge on any atom is 0.222 e. The zero-order valence-electron chi connectivity index (χ0n) is 16.7. The maximum atomic E-state index is 12.7. The third kappa shape index (κ3) is 4.57. The van der Waals surface area contributed by atoms with Gasteiger partial charge in [0.15, 0.2) is 11.5 Å². The molecule has 0 unspecified atom stereocenters. The van der Waals surface area contributed by atoms with Crippen molar-refractivity contribution >= 4 is 5.91 Å². The molecule has 0 bridgehead atoms. The number of phenolic OH excluding ortho intramolecular Hbond substituents is 1. The number of likely N-dealkylation sites (tertiary alicyclic amines) is 1. The van der Waals surface area contributed by atoms with Crippen molar-refractivity contribution in [2.45, 2.75) is 63.9 Å². The average molecular weight is 376 g/mol. The number of carbonyl (C=O) groups excluding carboxylic acids is 1. The molecule has 0 aromatic heterocycles. The molecule has 1 aromatic rings. The number of methoxy groups -OCH3 is 2. The van der Waals surface area contributed by atoms with Crippen LogP contribution in [0, 0.1) is 5.41 Å².